The number of sulfonamides is 1. The zero-order valence-electron chi connectivity index (χ0n) is 17.0. The summed E-state index contributed by atoms with van der Waals surface area (Å²) >= 11 is 0. The maximum absolute atomic E-state index is 13.2. The van der Waals surface area contributed by atoms with Gasteiger partial charge in [0.25, 0.3) is 5.91 Å². The molecule has 0 bridgehead atoms. The lowest BCUT2D eigenvalue weighted by Gasteiger charge is -2.32. The van der Waals surface area contributed by atoms with Crippen LogP contribution >= 0.6 is 0 Å². The smallest absolute Gasteiger partial charge is 0.254 e. The predicted molar refractivity (Wildman–Crippen MR) is 111 cm³/mol. The van der Waals surface area contributed by atoms with Crippen molar-refractivity contribution in [1.82, 2.24) is 9.21 Å². The van der Waals surface area contributed by atoms with Gasteiger partial charge in [0.15, 0.2) is 0 Å². The normalized spacial score (nSPS) is 19.0. The van der Waals surface area contributed by atoms with Crippen molar-refractivity contribution in [2.45, 2.75) is 50.1 Å². The van der Waals surface area contributed by atoms with E-state index < -0.39 is 10.0 Å². The Morgan fingerprint density at radius 1 is 1.17 bits per heavy atom. The summed E-state index contributed by atoms with van der Waals surface area (Å²) in [5, 5.41) is 0. The highest BCUT2D eigenvalue weighted by atomic mass is 32.2. The van der Waals surface area contributed by atoms with E-state index in [4.69, 9.17) is 0 Å². The van der Waals surface area contributed by atoms with Crippen LogP contribution in [0.4, 0.5) is 4.39 Å². The van der Waals surface area contributed by atoms with E-state index in [-0.39, 0.29) is 28.7 Å². The van der Waals surface area contributed by atoms with Crippen LogP contribution in [0.5, 0.6) is 0 Å². The first-order chi connectivity index (χ1) is 13.7. The summed E-state index contributed by atoms with van der Waals surface area (Å²) in [5.74, 6) is -0.620. The van der Waals surface area contributed by atoms with Crippen molar-refractivity contribution in [2.75, 3.05) is 13.6 Å². The van der Waals surface area contributed by atoms with Gasteiger partial charge in [-0.15, -0.1) is 0 Å². The molecule has 0 aliphatic carbocycles. The number of nitrogens with zero attached hydrogens (tertiary/aromatic N) is 2. The van der Waals surface area contributed by atoms with Gasteiger partial charge in [0.1, 0.15) is 5.82 Å². The molecule has 1 aliphatic heterocycles. The lowest BCUT2D eigenvalue weighted by atomic mass is 10.1. The second kappa shape index (κ2) is 8.63. The molecule has 29 heavy (non-hydrogen) atoms. The van der Waals surface area contributed by atoms with Gasteiger partial charge >= 0.3 is 0 Å². The molecule has 3 rings (SSSR count). The molecule has 0 radical (unpaired) electrons. The van der Waals surface area contributed by atoms with Gasteiger partial charge in [-0.05, 0) is 62.6 Å². The van der Waals surface area contributed by atoms with E-state index in [0.717, 1.165) is 24.8 Å². The molecule has 2 aromatic carbocycles. The highest BCUT2D eigenvalue weighted by Gasteiger charge is 2.31. The minimum Gasteiger partial charge on any atom is -0.335 e. The second-order valence-electron chi connectivity index (χ2n) is 7.63. The summed E-state index contributed by atoms with van der Waals surface area (Å²) in [7, 11) is -1.99. The molecule has 0 spiro atoms. The Hall–Kier alpha value is -2.25. The maximum Gasteiger partial charge on any atom is 0.254 e. The molecular formula is C22H27FN2O3S. The third-order valence-corrected chi connectivity index (χ3v) is 7.69. The summed E-state index contributed by atoms with van der Waals surface area (Å²) in [5.41, 5.74) is 1.11. The van der Waals surface area contributed by atoms with Crippen LogP contribution in [0.3, 0.4) is 0 Å². The molecule has 0 aromatic heterocycles. The molecule has 2 atom stereocenters. The van der Waals surface area contributed by atoms with E-state index in [2.05, 4.69) is 0 Å². The molecule has 1 amide bonds. The van der Waals surface area contributed by atoms with Crippen molar-refractivity contribution in [3.8, 4) is 0 Å². The Morgan fingerprint density at radius 3 is 2.52 bits per heavy atom. The Morgan fingerprint density at radius 2 is 1.86 bits per heavy atom. The minimum atomic E-state index is -3.65. The Balaban J connectivity index is 1.84. The predicted octanol–water partition coefficient (Wildman–Crippen LogP) is 4.22. The number of hydrogen-bond donors (Lipinski definition) is 0. The maximum atomic E-state index is 13.2. The summed E-state index contributed by atoms with van der Waals surface area (Å²) in [6.07, 6.45) is 2.72. The topological polar surface area (TPSA) is 57.7 Å². The summed E-state index contributed by atoms with van der Waals surface area (Å²) in [6, 6.07) is 11.9. The SMILES string of the molecule is CC(c1ccc(F)cc1)N(C)C(=O)c1cccc(S(=O)(=O)N2CCCCC2C)c1. The molecule has 1 saturated heterocycles. The van der Waals surface area contributed by atoms with Crippen LogP contribution < -0.4 is 0 Å². The lowest BCUT2D eigenvalue weighted by molar-refractivity contribution is 0.0742. The molecule has 7 heteroatoms. The number of halogens is 1. The third-order valence-electron chi connectivity index (χ3n) is 5.68. The Bertz CT molecular complexity index is 976. The van der Waals surface area contributed by atoms with E-state index in [0.29, 0.717) is 12.1 Å². The van der Waals surface area contributed by atoms with Crippen LogP contribution in [-0.4, -0.2) is 43.2 Å². The van der Waals surface area contributed by atoms with Crippen molar-refractivity contribution in [2.24, 2.45) is 0 Å². The van der Waals surface area contributed by atoms with Crippen LogP contribution in [0.2, 0.25) is 0 Å². The van der Waals surface area contributed by atoms with Gasteiger partial charge in [-0.25, -0.2) is 12.8 Å². The van der Waals surface area contributed by atoms with Crippen molar-refractivity contribution >= 4 is 15.9 Å². The fourth-order valence-corrected chi connectivity index (χ4v) is 5.44. The van der Waals surface area contributed by atoms with E-state index in [1.165, 1.54) is 33.5 Å². The van der Waals surface area contributed by atoms with Crippen LogP contribution in [0.25, 0.3) is 0 Å². The first-order valence-corrected chi connectivity index (χ1v) is 11.3. The van der Waals surface area contributed by atoms with E-state index >= 15 is 0 Å². The largest absolute Gasteiger partial charge is 0.335 e. The van der Waals surface area contributed by atoms with Crippen LogP contribution in [0, 0.1) is 5.82 Å². The highest BCUT2D eigenvalue weighted by molar-refractivity contribution is 7.89. The van der Waals surface area contributed by atoms with Crippen LogP contribution in [-0.2, 0) is 10.0 Å². The van der Waals surface area contributed by atoms with E-state index in [1.54, 1.807) is 31.3 Å². The minimum absolute atomic E-state index is 0.0470. The molecule has 0 saturated carbocycles. The van der Waals surface area contributed by atoms with Gasteiger partial charge < -0.3 is 4.90 Å². The second-order valence-corrected chi connectivity index (χ2v) is 9.52. The van der Waals surface area contributed by atoms with Crippen molar-refractivity contribution < 1.29 is 17.6 Å². The van der Waals surface area contributed by atoms with Crippen molar-refractivity contribution in [3.63, 3.8) is 0 Å². The number of hydrogen-bond acceptors (Lipinski definition) is 3. The fraction of sp³-hybridized carbons (Fsp3) is 0.409. The average Bonchev–Trinajstić information content (AvgIpc) is 2.73. The number of carbonyl (C=O) groups is 1. The van der Waals surface area contributed by atoms with E-state index in [9.17, 15) is 17.6 Å². The zero-order chi connectivity index (χ0) is 21.2. The lowest BCUT2D eigenvalue weighted by Crippen LogP contribution is -2.42. The fourth-order valence-electron chi connectivity index (χ4n) is 3.70. The average molecular weight is 419 g/mol. The van der Waals surface area contributed by atoms with Gasteiger partial charge in [-0.3, -0.25) is 4.79 Å². The number of amides is 1. The molecule has 156 valence electrons. The van der Waals surface area contributed by atoms with Gasteiger partial charge in [0, 0.05) is 25.2 Å². The number of rotatable bonds is 5. The summed E-state index contributed by atoms with van der Waals surface area (Å²) in [4.78, 5) is 14.7. The van der Waals surface area contributed by atoms with Gasteiger partial charge in [0.2, 0.25) is 10.0 Å². The molecule has 2 aromatic rings. The molecule has 5 nitrogen and oxygen atoms in total. The van der Waals surface area contributed by atoms with Crippen molar-refractivity contribution in [3.05, 3.63) is 65.5 Å². The Labute approximate surface area is 172 Å². The molecular weight excluding hydrogens is 391 g/mol. The number of carbonyl (C=O) groups excluding carboxylic acids is 1. The highest BCUT2D eigenvalue weighted by Crippen LogP contribution is 2.27. The Kier molecular flexibility index (Phi) is 6.39. The summed E-state index contributed by atoms with van der Waals surface area (Å²) in [6.45, 7) is 4.27. The molecule has 1 aliphatic rings. The zero-order valence-corrected chi connectivity index (χ0v) is 17.8. The van der Waals surface area contributed by atoms with Gasteiger partial charge in [0.05, 0.1) is 10.9 Å². The van der Waals surface area contributed by atoms with Crippen molar-refractivity contribution in [1.29, 1.82) is 0 Å². The third kappa shape index (κ3) is 4.51. The number of benzene rings is 2. The number of piperidine rings is 1. The molecule has 0 N–H and O–H groups in total. The van der Waals surface area contributed by atoms with Crippen LogP contribution in [0.1, 0.15) is 55.1 Å². The van der Waals surface area contributed by atoms with Crippen LogP contribution in [0.15, 0.2) is 53.4 Å². The molecule has 1 fully saturated rings. The van der Waals surface area contributed by atoms with Gasteiger partial charge in [-0.2, -0.15) is 4.31 Å². The molecule has 1 heterocycles. The quantitative estimate of drug-likeness (QED) is 0.730. The van der Waals surface area contributed by atoms with E-state index in [1.807, 2.05) is 13.8 Å². The molecule has 2 unspecified atom stereocenters. The standard InChI is InChI=1S/C22H27FN2O3S/c1-16-7-4-5-14-25(16)29(27,28)21-9-6-8-19(15-21)22(26)24(3)17(2)18-10-12-20(23)13-11-18/h6,8-13,15-17H,4-5,7,14H2,1-3H3. The summed E-state index contributed by atoms with van der Waals surface area (Å²) < 4.78 is 40.9. The van der Waals surface area contributed by atoms with Gasteiger partial charge in [-0.1, -0.05) is 24.6 Å². The first kappa shape index (κ1) is 21.5. The first-order valence-electron chi connectivity index (χ1n) is 9.86. The monoisotopic (exact) mass is 418 g/mol.